The molecule has 4 aromatic rings. The van der Waals surface area contributed by atoms with Gasteiger partial charge in [-0.3, -0.25) is 9.59 Å². The molecule has 4 aromatic carbocycles. The van der Waals surface area contributed by atoms with Gasteiger partial charge >= 0.3 is 0 Å². The number of rotatable bonds is 3. The Morgan fingerprint density at radius 2 is 1.29 bits per heavy atom. The summed E-state index contributed by atoms with van der Waals surface area (Å²) in [6, 6.07) is 30.7. The highest BCUT2D eigenvalue weighted by Crippen LogP contribution is 2.30. The van der Waals surface area contributed by atoms with Crippen LogP contribution in [0.2, 0.25) is 0 Å². The molecular formula is C29H25N3O2. The molecule has 0 radical (unpaired) electrons. The summed E-state index contributed by atoms with van der Waals surface area (Å²) in [5.41, 5.74) is 6.91. The van der Waals surface area contributed by atoms with Crippen LogP contribution in [0.1, 0.15) is 37.4 Å². The van der Waals surface area contributed by atoms with Gasteiger partial charge in [-0.25, -0.2) is 0 Å². The molecule has 5 heteroatoms. The van der Waals surface area contributed by atoms with Crippen molar-refractivity contribution in [2.45, 2.75) is 20.0 Å². The van der Waals surface area contributed by atoms with Gasteiger partial charge in [-0.1, -0.05) is 54.6 Å². The number of nitrogens with one attached hydrogen (secondary N) is 2. The number of hydrogen-bond donors (Lipinski definition) is 2. The van der Waals surface area contributed by atoms with Crippen molar-refractivity contribution in [2.75, 3.05) is 10.6 Å². The lowest BCUT2D eigenvalue weighted by atomic mass is 10.0. The quantitative estimate of drug-likeness (QED) is 0.396. The summed E-state index contributed by atoms with van der Waals surface area (Å²) in [5.74, 6) is -0.218. The lowest BCUT2D eigenvalue weighted by Gasteiger charge is -2.28. The first-order chi connectivity index (χ1) is 16.6. The second-order valence-electron chi connectivity index (χ2n) is 8.45. The molecule has 0 bridgehead atoms. The molecule has 1 aliphatic rings. The molecule has 34 heavy (non-hydrogen) atoms. The Kier molecular flexibility index (Phi) is 5.83. The van der Waals surface area contributed by atoms with E-state index >= 15 is 0 Å². The van der Waals surface area contributed by atoms with Crippen LogP contribution in [0.4, 0.5) is 17.1 Å². The zero-order valence-electron chi connectivity index (χ0n) is 18.9. The maximum atomic E-state index is 13.5. The highest BCUT2D eigenvalue weighted by atomic mass is 16.2. The Bertz CT molecular complexity index is 1310. The normalized spacial score (nSPS) is 12.4. The smallest absolute Gasteiger partial charge is 0.255 e. The Labute approximate surface area is 199 Å². The summed E-state index contributed by atoms with van der Waals surface area (Å²) in [7, 11) is 0. The van der Waals surface area contributed by atoms with E-state index in [1.807, 2.05) is 78.6 Å². The molecule has 1 aliphatic heterocycles. The largest absolute Gasteiger partial charge is 0.355 e. The van der Waals surface area contributed by atoms with Crippen molar-refractivity contribution in [1.29, 1.82) is 0 Å². The zero-order valence-corrected chi connectivity index (χ0v) is 18.9. The molecule has 168 valence electrons. The number of nitrogens with zero attached hydrogens (tertiary/aromatic N) is 1. The summed E-state index contributed by atoms with van der Waals surface area (Å²) in [5, 5.41) is 6.42. The molecule has 5 nitrogen and oxygen atoms in total. The number of aryl methyl sites for hydroxylation is 1. The topological polar surface area (TPSA) is 61.4 Å². The Balaban J connectivity index is 1.38. The lowest BCUT2D eigenvalue weighted by molar-refractivity contribution is 0.0730. The molecule has 0 spiro atoms. The molecule has 0 saturated carbocycles. The van der Waals surface area contributed by atoms with E-state index in [0.29, 0.717) is 29.9 Å². The molecule has 0 aromatic heterocycles. The molecular weight excluding hydrogens is 422 g/mol. The number of amides is 2. The third-order valence-electron chi connectivity index (χ3n) is 6.09. The van der Waals surface area contributed by atoms with Crippen LogP contribution in [0, 0.1) is 6.92 Å². The molecule has 1 heterocycles. The minimum absolute atomic E-state index is 0.0525. The first-order valence-corrected chi connectivity index (χ1v) is 11.3. The van der Waals surface area contributed by atoms with Crippen molar-refractivity contribution >= 4 is 28.9 Å². The monoisotopic (exact) mass is 447 g/mol. The van der Waals surface area contributed by atoms with E-state index in [9.17, 15) is 9.59 Å². The Morgan fingerprint density at radius 3 is 1.91 bits per heavy atom. The van der Waals surface area contributed by atoms with Gasteiger partial charge in [-0.05, 0) is 66.1 Å². The lowest BCUT2D eigenvalue weighted by Crippen LogP contribution is -2.31. The van der Waals surface area contributed by atoms with Crippen LogP contribution in [-0.2, 0) is 13.1 Å². The number of anilines is 3. The Hall–Kier alpha value is -4.38. The van der Waals surface area contributed by atoms with E-state index in [4.69, 9.17) is 0 Å². The van der Waals surface area contributed by atoms with Crippen molar-refractivity contribution in [3.05, 3.63) is 125 Å². The van der Waals surface area contributed by atoms with Crippen LogP contribution < -0.4 is 10.6 Å². The first kappa shape index (κ1) is 21.5. The zero-order chi connectivity index (χ0) is 23.5. The summed E-state index contributed by atoms with van der Waals surface area (Å²) in [6.07, 6.45) is 0. The van der Waals surface area contributed by atoms with Gasteiger partial charge in [-0.2, -0.15) is 0 Å². The van der Waals surface area contributed by atoms with Crippen molar-refractivity contribution in [2.24, 2.45) is 0 Å². The van der Waals surface area contributed by atoms with E-state index in [0.717, 1.165) is 28.1 Å². The fraction of sp³-hybridized carbons (Fsp3) is 0.103. The van der Waals surface area contributed by atoms with Crippen LogP contribution in [0.3, 0.4) is 0 Å². The molecule has 0 saturated heterocycles. The second kappa shape index (κ2) is 9.24. The van der Waals surface area contributed by atoms with Gasteiger partial charge in [0.2, 0.25) is 0 Å². The van der Waals surface area contributed by atoms with Crippen molar-refractivity contribution in [1.82, 2.24) is 4.90 Å². The highest BCUT2D eigenvalue weighted by molar-refractivity contribution is 6.05. The molecule has 2 N–H and O–H groups in total. The van der Waals surface area contributed by atoms with Gasteiger partial charge in [0.1, 0.15) is 0 Å². The van der Waals surface area contributed by atoms with Crippen molar-refractivity contribution in [3.63, 3.8) is 0 Å². The van der Waals surface area contributed by atoms with E-state index in [1.54, 1.807) is 30.3 Å². The standard InChI is InChI=1S/C29H25N3O2/c1-20-8-2-5-11-25(20)28(33)30-24-16-14-21(15-17-24)29(34)32-18-22-9-3-6-12-26(22)31-27-13-7-4-10-23(27)19-32/h2-17,31H,18-19H2,1H3,(H,30,33). The highest BCUT2D eigenvalue weighted by Gasteiger charge is 2.22. The van der Waals surface area contributed by atoms with E-state index in [-0.39, 0.29) is 11.8 Å². The molecule has 0 aliphatic carbocycles. The van der Waals surface area contributed by atoms with E-state index in [1.165, 1.54) is 0 Å². The van der Waals surface area contributed by atoms with Crippen molar-refractivity contribution < 1.29 is 9.59 Å². The minimum Gasteiger partial charge on any atom is -0.355 e. The molecule has 0 atom stereocenters. The number of carbonyl (C=O) groups excluding carboxylic acids is 2. The average molecular weight is 448 g/mol. The predicted molar refractivity (Wildman–Crippen MR) is 135 cm³/mol. The van der Waals surface area contributed by atoms with Gasteiger partial charge < -0.3 is 15.5 Å². The van der Waals surface area contributed by atoms with E-state index in [2.05, 4.69) is 10.6 Å². The van der Waals surface area contributed by atoms with Crippen LogP contribution >= 0.6 is 0 Å². The molecule has 0 fully saturated rings. The SMILES string of the molecule is Cc1ccccc1C(=O)Nc1ccc(C(=O)N2Cc3ccccc3Nc3ccccc3C2)cc1. The number of fused-ring (bicyclic) bond motifs is 2. The Morgan fingerprint density at radius 1 is 0.735 bits per heavy atom. The van der Waals surface area contributed by atoms with Gasteiger partial charge in [0, 0.05) is 41.3 Å². The third-order valence-corrected chi connectivity index (χ3v) is 6.09. The molecule has 5 rings (SSSR count). The van der Waals surface area contributed by atoms with Gasteiger partial charge in [0.25, 0.3) is 11.8 Å². The average Bonchev–Trinajstić information content (AvgIpc) is 2.84. The van der Waals surface area contributed by atoms with Gasteiger partial charge in [-0.15, -0.1) is 0 Å². The maximum Gasteiger partial charge on any atom is 0.255 e. The van der Waals surface area contributed by atoms with Crippen LogP contribution in [-0.4, -0.2) is 16.7 Å². The van der Waals surface area contributed by atoms with Crippen LogP contribution in [0.5, 0.6) is 0 Å². The first-order valence-electron chi connectivity index (χ1n) is 11.3. The van der Waals surface area contributed by atoms with Crippen LogP contribution in [0.25, 0.3) is 0 Å². The molecule has 2 amide bonds. The summed E-state index contributed by atoms with van der Waals surface area (Å²) in [6.45, 7) is 2.91. The van der Waals surface area contributed by atoms with Crippen molar-refractivity contribution in [3.8, 4) is 0 Å². The number of hydrogen-bond acceptors (Lipinski definition) is 3. The van der Waals surface area contributed by atoms with Crippen LogP contribution in [0.15, 0.2) is 97.1 Å². The predicted octanol–water partition coefficient (Wildman–Crippen LogP) is 6.15. The number of para-hydroxylation sites is 2. The van der Waals surface area contributed by atoms with E-state index < -0.39 is 0 Å². The third kappa shape index (κ3) is 4.41. The maximum absolute atomic E-state index is 13.5. The summed E-state index contributed by atoms with van der Waals surface area (Å²) >= 11 is 0. The fourth-order valence-corrected chi connectivity index (χ4v) is 4.22. The number of carbonyl (C=O) groups is 2. The minimum atomic E-state index is -0.165. The second-order valence-corrected chi connectivity index (χ2v) is 8.45. The fourth-order valence-electron chi connectivity index (χ4n) is 4.22. The summed E-state index contributed by atoms with van der Waals surface area (Å²) in [4.78, 5) is 28.0. The number of benzene rings is 4. The summed E-state index contributed by atoms with van der Waals surface area (Å²) < 4.78 is 0. The van der Waals surface area contributed by atoms with Gasteiger partial charge in [0.05, 0.1) is 0 Å². The molecule has 0 unspecified atom stereocenters. The van der Waals surface area contributed by atoms with Gasteiger partial charge in [0.15, 0.2) is 0 Å².